The van der Waals surface area contributed by atoms with Crippen molar-refractivity contribution in [3.8, 4) is 22.8 Å². The number of hydrogen-bond donors (Lipinski definition) is 1. The SMILES string of the molecule is Cn1cc(-n2ccc(COc3cccc(-c4cc(F)c(Cc5nc6ccc(C(=O)O)cc6n5C[C@@H]5CCO5)cc4F)n3)n2)cn1. The molecule has 13 heteroatoms. The van der Waals surface area contributed by atoms with Crippen molar-refractivity contribution in [2.24, 2.45) is 7.05 Å². The molecule has 45 heavy (non-hydrogen) atoms. The first kappa shape index (κ1) is 28.3. The minimum atomic E-state index is -1.06. The van der Waals surface area contributed by atoms with Gasteiger partial charge in [-0.1, -0.05) is 6.07 Å². The molecule has 1 aliphatic rings. The summed E-state index contributed by atoms with van der Waals surface area (Å²) in [5.41, 5.74) is 3.06. The van der Waals surface area contributed by atoms with Gasteiger partial charge in [-0.2, -0.15) is 10.2 Å². The van der Waals surface area contributed by atoms with E-state index in [2.05, 4.69) is 20.2 Å². The molecule has 0 saturated carbocycles. The van der Waals surface area contributed by atoms with Crippen molar-refractivity contribution in [3.05, 3.63) is 107 Å². The van der Waals surface area contributed by atoms with E-state index >= 15 is 8.78 Å². The Kier molecular flexibility index (Phi) is 7.29. The van der Waals surface area contributed by atoms with Gasteiger partial charge in [-0.05, 0) is 54.4 Å². The number of aryl methyl sites for hydroxylation is 1. The Bertz CT molecular complexity index is 2050. The van der Waals surface area contributed by atoms with Crippen LogP contribution in [-0.2, 0) is 31.4 Å². The summed E-state index contributed by atoms with van der Waals surface area (Å²) >= 11 is 0. The van der Waals surface area contributed by atoms with Crippen LogP contribution in [-0.4, -0.2) is 57.9 Å². The van der Waals surface area contributed by atoms with E-state index in [4.69, 9.17) is 9.47 Å². The van der Waals surface area contributed by atoms with Crippen molar-refractivity contribution in [1.29, 1.82) is 0 Å². The number of carboxylic acids is 1. The lowest BCUT2D eigenvalue weighted by atomic mass is 10.0. The van der Waals surface area contributed by atoms with Crippen LogP contribution < -0.4 is 4.74 Å². The highest BCUT2D eigenvalue weighted by molar-refractivity contribution is 5.92. The van der Waals surface area contributed by atoms with E-state index in [-0.39, 0.29) is 47.4 Å². The quantitative estimate of drug-likeness (QED) is 0.231. The number of carbonyl (C=O) groups is 1. The summed E-state index contributed by atoms with van der Waals surface area (Å²) in [5, 5.41) is 18.1. The fourth-order valence-corrected chi connectivity index (χ4v) is 5.27. The van der Waals surface area contributed by atoms with Crippen LogP contribution in [0.15, 0.2) is 73.2 Å². The summed E-state index contributed by atoms with van der Waals surface area (Å²) < 4.78 is 47.6. The molecule has 0 unspecified atom stereocenters. The van der Waals surface area contributed by atoms with Gasteiger partial charge < -0.3 is 19.1 Å². The van der Waals surface area contributed by atoms with Crippen LogP contribution in [0.25, 0.3) is 28.0 Å². The van der Waals surface area contributed by atoms with E-state index in [1.165, 1.54) is 6.07 Å². The Balaban J connectivity index is 1.11. The van der Waals surface area contributed by atoms with E-state index in [1.807, 2.05) is 23.9 Å². The van der Waals surface area contributed by atoms with Gasteiger partial charge in [0, 0.05) is 37.9 Å². The van der Waals surface area contributed by atoms with Crippen LogP contribution >= 0.6 is 0 Å². The number of aromatic nitrogens is 7. The van der Waals surface area contributed by atoms with E-state index in [0.29, 0.717) is 35.7 Å². The largest absolute Gasteiger partial charge is 0.478 e. The number of imidazole rings is 1. The molecule has 1 fully saturated rings. The van der Waals surface area contributed by atoms with Gasteiger partial charge in [0.1, 0.15) is 35.4 Å². The topological polar surface area (TPSA) is 122 Å². The van der Waals surface area contributed by atoms with Gasteiger partial charge in [-0.25, -0.2) is 28.2 Å². The number of carboxylic acid groups (broad SMARTS) is 1. The predicted molar refractivity (Wildman–Crippen MR) is 158 cm³/mol. The van der Waals surface area contributed by atoms with Crippen LogP contribution in [0.4, 0.5) is 8.78 Å². The number of benzene rings is 2. The minimum absolute atomic E-state index is 0.00485. The molecule has 0 bridgehead atoms. The zero-order valence-electron chi connectivity index (χ0n) is 24.1. The Morgan fingerprint density at radius 3 is 2.73 bits per heavy atom. The molecule has 1 saturated heterocycles. The molecule has 0 amide bonds. The van der Waals surface area contributed by atoms with Crippen molar-refractivity contribution in [2.75, 3.05) is 6.61 Å². The summed E-state index contributed by atoms with van der Waals surface area (Å²) in [6.45, 7) is 1.20. The molecule has 6 aromatic rings. The average Bonchev–Trinajstić information content (AvgIpc) is 3.74. The van der Waals surface area contributed by atoms with Crippen LogP contribution in [0.3, 0.4) is 0 Å². The molecule has 0 radical (unpaired) electrons. The third-order valence-corrected chi connectivity index (χ3v) is 7.71. The van der Waals surface area contributed by atoms with Gasteiger partial charge in [0.15, 0.2) is 0 Å². The summed E-state index contributed by atoms with van der Waals surface area (Å²) in [4.78, 5) is 20.6. The fraction of sp³-hybridized carbons (Fsp3) is 0.219. The Labute approximate surface area is 255 Å². The summed E-state index contributed by atoms with van der Waals surface area (Å²) in [6.07, 6.45) is 6.10. The molecular weight excluding hydrogens is 584 g/mol. The summed E-state index contributed by atoms with van der Waals surface area (Å²) in [7, 11) is 1.82. The van der Waals surface area contributed by atoms with Crippen LogP contribution in [0.1, 0.15) is 33.9 Å². The van der Waals surface area contributed by atoms with Crippen molar-refractivity contribution < 1.29 is 28.2 Å². The van der Waals surface area contributed by atoms with Gasteiger partial charge in [0.2, 0.25) is 5.88 Å². The maximum absolute atomic E-state index is 15.5. The van der Waals surface area contributed by atoms with E-state index in [0.717, 1.165) is 24.2 Å². The Morgan fingerprint density at radius 1 is 1.11 bits per heavy atom. The average molecular weight is 612 g/mol. The molecule has 4 aromatic heterocycles. The molecular formula is C32H27F2N7O4. The monoisotopic (exact) mass is 611 g/mol. The first-order valence-electron chi connectivity index (χ1n) is 14.3. The maximum atomic E-state index is 15.5. The van der Waals surface area contributed by atoms with Crippen molar-refractivity contribution in [2.45, 2.75) is 32.1 Å². The number of nitrogens with zero attached hydrogens (tertiary/aromatic N) is 7. The fourth-order valence-electron chi connectivity index (χ4n) is 5.27. The molecule has 1 atom stereocenters. The second-order valence-corrected chi connectivity index (χ2v) is 10.8. The molecule has 1 aliphatic heterocycles. The Hall–Kier alpha value is -5.43. The van der Waals surface area contributed by atoms with Crippen LogP contribution in [0.2, 0.25) is 0 Å². The van der Waals surface area contributed by atoms with E-state index in [1.54, 1.807) is 52.1 Å². The van der Waals surface area contributed by atoms with Crippen LogP contribution in [0.5, 0.6) is 5.88 Å². The van der Waals surface area contributed by atoms with Gasteiger partial charge >= 0.3 is 5.97 Å². The zero-order valence-corrected chi connectivity index (χ0v) is 24.1. The summed E-state index contributed by atoms with van der Waals surface area (Å²) in [6, 6.07) is 13.6. The number of aromatic carboxylic acids is 1. The lowest BCUT2D eigenvalue weighted by molar-refractivity contribution is -0.0589. The minimum Gasteiger partial charge on any atom is -0.478 e. The molecule has 228 valence electrons. The highest BCUT2D eigenvalue weighted by Crippen LogP contribution is 2.29. The third kappa shape index (κ3) is 5.77. The number of rotatable bonds is 10. The standard InChI is InChI=1S/C32H27F2N7O4/c1-39-16-22(15-35-39)41-9-7-21(38-41)18-45-31-4-2-3-27(37-31)24-14-25(33)20(11-26(24)34)13-30-36-28-6-5-19(32(42)43)12-29(28)40(30)17-23-8-10-44-23/h2-7,9,11-12,14-16,23H,8,10,13,17-18H2,1H3,(H,42,43)/t23-/m0/s1. The maximum Gasteiger partial charge on any atom is 0.335 e. The Morgan fingerprint density at radius 2 is 1.98 bits per heavy atom. The van der Waals surface area contributed by atoms with Crippen molar-refractivity contribution >= 4 is 17.0 Å². The van der Waals surface area contributed by atoms with Crippen molar-refractivity contribution in [1.82, 2.24) is 34.1 Å². The van der Waals surface area contributed by atoms with Gasteiger partial charge in [0.25, 0.3) is 0 Å². The molecule has 0 spiro atoms. The number of fused-ring (bicyclic) bond motifs is 1. The smallest absolute Gasteiger partial charge is 0.335 e. The number of ether oxygens (including phenoxy) is 2. The number of pyridine rings is 1. The predicted octanol–water partition coefficient (Wildman–Crippen LogP) is 4.95. The second kappa shape index (κ2) is 11.6. The van der Waals surface area contributed by atoms with Crippen molar-refractivity contribution in [3.63, 3.8) is 0 Å². The second-order valence-electron chi connectivity index (χ2n) is 10.8. The highest BCUT2D eigenvalue weighted by Gasteiger charge is 2.24. The molecule has 7 rings (SSSR count). The van der Waals surface area contributed by atoms with Gasteiger partial charge in [-0.15, -0.1) is 0 Å². The van der Waals surface area contributed by atoms with Gasteiger partial charge in [0.05, 0.1) is 47.3 Å². The van der Waals surface area contributed by atoms with E-state index < -0.39 is 17.6 Å². The molecule has 11 nitrogen and oxygen atoms in total. The first-order valence-corrected chi connectivity index (χ1v) is 14.3. The molecule has 5 heterocycles. The lowest BCUT2D eigenvalue weighted by Gasteiger charge is -2.27. The lowest BCUT2D eigenvalue weighted by Crippen LogP contribution is -2.31. The molecule has 2 aromatic carbocycles. The number of hydrogen-bond acceptors (Lipinski definition) is 7. The first-order chi connectivity index (χ1) is 21.8. The number of halogens is 2. The zero-order chi connectivity index (χ0) is 31.1. The third-order valence-electron chi connectivity index (χ3n) is 7.71. The molecule has 1 N–H and O–H groups in total. The summed E-state index contributed by atoms with van der Waals surface area (Å²) in [5.74, 6) is -1.61. The van der Waals surface area contributed by atoms with Crippen LogP contribution in [0, 0.1) is 11.6 Å². The van der Waals surface area contributed by atoms with Gasteiger partial charge in [-0.3, -0.25) is 4.68 Å². The normalized spacial score (nSPS) is 14.5. The highest BCUT2D eigenvalue weighted by atomic mass is 19.1. The molecule has 0 aliphatic carbocycles. The van der Waals surface area contributed by atoms with E-state index in [9.17, 15) is 9.90 Å².